The SMILES string of the molecule is CCOc1ccc2nc(N(Cc3cccnc3)C(=O)CCSc3ccc(Cl)cc3)sc2c1. The van der Waals surface area contributed by atoms with E-state index < -0.39 is 0 Å². The predicted octanol–water partition coefficient (Wildman–Crippen LogP) is 6.46. The second-order valence-electron chi connectivity index (χ2n) is 6.95. The van der Waals surface area contributed by atoms with E-state index in [1.807, 2.05) is 61.5 Å². The Morgan fingerprint density at radius 3 is 2.78 bits per heavy atom. The number of fused-ring (bicyclic) bond motifs is 1. The second kappa shape index (κ2) is 10.8. The summed E-state index contributed by atoms with van der Waals surface area (Å²) in [6, 6.07) is 17.3. The molecular weight excluding hydrogens is 462 g/mol. The summed E-state index contributed by atoms with van der Waals surface area (Å²) in [5.41, 5.74) is 1.81. The number of benzene rings is 2. The summed E-state index contributed by atoms with van der Waals surface area (Å²) < 4.78 is 6.60. The van der Waals surface area contributed by atoms with E-state index in [-0.39, 0.29) is 5.91 Å². The number of nitrogens with zero attached hydrogens (tertiary/aromatic N) is 3. The van der Waals surface area contributed by atoms with Crippen molar-refractivity contribution < 1.29 is 9.53 Å². The van der Waals surface area contributed by atoms with Crippen LogP contribution in [0.4, 0.5) is 5.13 Å². The topological polar surface area (TPSA) is 55.3 Å². The summed E-state index contributed by atoms with van der Waals surface area (Å²) in [5, 5.41) is 1.38. The lowest BCUT2D eigenvalue weighted by Crippen LogP contribution is -2.30. The third-order valence-corrected chi connectivity index (χ3v) is 6.96. The van der Waals surface area contributed by atoms with E-state index in [1.54, 1.807) is 29.1 Å². The zero-order valence-electron chi connectivity index (χ0n) is 17.5. The van der Waals surface area contributed by atoms with Gasteiger partial charge in [0, 0.05) is 34.5 Å². The number of halogens is 1. The van der Waals surface area contributed by atoms with E-state index >= 15 is 0 Å². The van der Waals surface area contributed by atoms with Crippen molar-refractivity contribution in [1.82, 2.24) is 9.97 Å². The molecule has 4 rings (SSSR count). The Kier molecular flexibility index (Phi) is 7.63. The minimum Gasteiger partial charge on any atom is -0.494 e. The van der Waals surface area contributed by atoms with Crippen molar-refractivity contribution in [3.05, 3.63) is 77.6 Å². The summed E-state index contributed by atoms with van der Waals surface area (Å²) in [5.74, 6) is 1.50. The van der Waals surface area contributed by atoms with Gasteiger partial charge in [-0.2, -0.15) is 0 Å². The van der Waals surface area contributed by atoms with Gasteiger partial charge in [0.1, 0.15) is 5.75 Å². The fourth-order valence-corrected chi connectivity index (χ4v) is 5.10. The Bertz CT molecular complexity index is 1180. The van der Waals surface area contributed by atoms with Crippen molar-refractivity contribution in [2.45, 2.75) is 24.8 Å². The van der Waals surface area contributed by atoms with Crippen LogP contribution in [0.2, 0.25) is 5.02 Å². The van der Waals surface area contributed by atoms with Crippen molar-refractivity contribution in [2.24, 2.45) is 0 Å². The third kappa shape index (κ3) is 5.79. The summed E-state index contributed by atoms with van der Waals surface area (Å²) in [6.07, 6.45) is 3.91. The van der Waals surface area contributed by atoms with E-state index in [9.17, 15) is 4.79 Å². The Morgan fingerprint density at radius 1 is 1.19 bits per heavy atom. The Hall–Kier alpha value is -2.61. The molecular formula is C24H22ClN3O2S2. The average molecular weight is 484 g/mol. The van der Waals surface area contributed by atoms with Crippen LogP contribution in [0.5, 0.6) is 5.75 Å². The van der Waals surface area contributed by atoms with E-state index in [0.717, 1.165) is 26.4 Å². The van der Waals surface area contributed by atoms with Gasteiger partial charge in [-0.05, 0) is 61.0 Å². The monoisotopic (exact) mass is 483 g/mol. The fourth-order valence-electron chi connectivity index (χ4n) is 3.12. The van der Waals surface area contributed by atoms with Gasteiger partial charge in [0.25, 0.3) is 0 Å². The minimum atomic E-state index is 0.0272. The van der Waals surface area contributed by atoms with Crippen LogP contribution >= 0.6 is 34.7 Å². The normalized spacial score (nSPS) is 10.9. The van der Waals surface area contributed by atoms with Crippen molar-refractivity contribution in [3.63, 3.8) is 0 Å². The maximum atomic E-state index is 13.3. The molecule has 0 saturated carbocycles. The molecule has 5 nitrogen and oxygen atoms in total. The standard InChI is InChI=1S/C24H22ClN3O2S2/c1-2-30-19-7-10-21-22(14-19)32-24(27-21)28(16-17-4-3-12-26-15-17)23(29)11-13-31-20-8-5-18(25)6-9-20/h3-10,12,14-15H,2,11,13,16H2,1H3. The highest BCUT2D eigenvalue weighted by molar-refractivity contribution is 7.99. The van der Waals surface area contributed by atoms with Crippen LogP contribution in [0, 0.1) is 0 Å². The molecule has 0 atom stereocenters. The van der Waals surface area contributed by atoms with Gasteiger partial charge in [-0.1, -0.05) is 29.0 Å². The van der Waals surface area contributed by atoms with Crippen LogP contribution in [0.3, 0.4) is 0 Å². The fraction of sp³-hybridized carbons (Fsp3) is 0.208. The van der Waals surface area contributed by atoms with Gasteiger partial charge in [-0.15, -0.1) is 11.8 Å². The molecule has 2 aromatic carbocycles. The second-order valence-corrected chi connectivity index (χ2v) is 9.57. The van der Waals surface area contributed by atoms with Gasteiger partial charge < -0.3 is 4.74 Å². The van der Waals surface area contributed by atoms with Crippen LogP contribution in [0.15, 0.2) is 71.9 Å². The number of hydrogen-bond acceptors (Lipinski definition) is 6. The largest absolute Gasteiger partial charge is 0.494 e. The Balaban J connectivity index is 1.53. The molecule has 1 amide bonds. The van der Waals surface area contributed by atoms with Crippen LogP contribution in [-0.4, -0.2) is 28.2 Å². The number of hydrogen-bond donors (Lipinski definition) is 0. The average Bonchev–Trinajstić information content (AvgIpc) is 3.22. The summed E-state index contributed by atoms with van der Waals surface area (Å²) in [7, 11) is 0. The molecule has 0 spiro atoms. The molecule has 0 N–H and O–H groups in total. The van der Waals surface area contributed by atoms with Gasteiger partial charge in [-0.3, -0.25) is 14.7 Å². The molecule has 32 heavy (non-hydrogen) atoms. The van der Waals surface area contributed by atoms with Gasteiger partial charge in [0.2, 0.25) is 5.91 Å². The smallest absolute Gasteiger partial charge is 0.229 e. The van der Waals surface area contributed by atoms with Crippen molar-refractivity contribution in [1.29, 1.82) is 0 Å². The summed E-state index contributed by atoms with van der Waals surface area (Å²) in [4.78, 5) is 25.0. The molecule has 4 aromatic rings. The Labute approximate surface area is 200 Å². The number of carbonyl (C=O) groups is 1. The van der Waals surface area contributed by atoms with Crippen LogP contribution < -0.4 is 9.64 Å². The quantitative estimate of drug-likeness (QED) is 0.256. The first-order valence-corrected chi connectivity index (χ1v) is 12.4. The van der Waals surface area contributed by atoms with E-state index in [4.69, 9.17) is 21.3 Å². The number of aromatic nitrogens is 2. The van der Waals surface area contributed by atoms with E-state index in [1.165, 1.54) is 11.3 Å². The lowest BCUT2D eigenvalue weighted by Gasteiger charge is -2.20. The molecule has 0 aliphatic carbocycles. The number of ether oxygens (including phenoxy) is 1. The van der Waals surface area contributed by atoms with Crippen molar-refractivity contribution >= 4 is 56.0 Å². The van der Waals surface area contributed by atoms with Gasteiger partial charge >= 0.3 is 0 Å². The van der Waals surface area contributed by atoms with Gasteiger partial charge in [-0.25, -0.2) is 4.98 Å². The predicted molar refractivity (Wildman–Crippen MR) is 133 cm³/mol. The summed E-state index contributed by atoms with van der Waals surface area (Å²) in [6.45, 7) is 2.99. The van der Waals surface area contributed by atoms with E-state index in [2.05, 4.69) is 4.98 Å². The van der Waals surface area contributed by atoms with Gasteiger partial charge in [0.05, 0.1) is 23.4 Å². The first kappa shape index (κ1) is 22.6. The molecule has 0 aliphatic rings. The molecule has 0 radical (unpaired) electrons. The third-order valence-electron chi connectivity index (χ3n) is 4.65. The van der Waals surface area contributed by atoms with E-state index in [0.29, 0.717) is 35.5 Å². The molecule has 0 bridgehead atoms. The highest BCUT2D eigenvalue weighted by Gasteiger charge is 2.20. The zero-order chi connectivity index (χ0) is 22.3. The van der Waals surface area contributed by atoms with Crippen LogP contribution in [0.25, 0.3) is 10.2 Å². The molecule has 0 fully saturated rings. The molecule has 2 aromatic heterocycles. The van der Waals surface area contributed by atoms with Crippen molar-refractivity contribution in [3.8, 4) is 5.75 Å². The van der Waals surface area contributed by atoms with Crippen molar-refractivity contribution in [2.75, 3.05) is 17.3 Å². The number of thiazole rings is 1. The Morgan fingerprint density at radius 2 is 2.03 bits per heavy atom. The molecule has 0 unspecified atom stereocenters. The number of thioether (sulfide) groups is 1. The summed E-state index contributed by atoms with van der Waals surface area (Å²) >= 11 is 9.09. The molecule has 0 saturated heterocycles. The van der Waals surface area contributed by atoms with Gasteiger partial charge in [0.15, 0.2) is 5.13 Å². The number of carbonyl (C=O) groups excluding carboxylic acids is 1. The zero-order valence-corrected chi connectivity index (χ0v) is 19.9. The number of anilines is 1. The molecule has 8 heteroatoms. The molecule has 164 valence electrons. The first-order chi connectivity index (χ1) is 15.6. The highest BCUT2D eigenvalue weighted by Crippen LogP contribution is 2.33. The highest BCUT2D eigenvalue weighted by atomic mass is 35.5. The lowest BCUT2D eigenvalue weighted by atomic mass is 10.2. The van der Waals surface area contributed by atoms with Crippen LogP contribution in [0.1, 0.15) is 18.9 Å². The maximum Gasteiger partial charge on any atom is 0.229 e. The van der Waals surface area contributed by atoms with Crippen LogP contribution in [-0.2, 0) is 11.3 Å². The number of rotatable bonds is 9. The first-order valence-electron chi connectivity index (χ1n) is 10.2. The molecule has 0 aliphatic heterocycles. The number of pyridine rings is 1. The lowest BCUT2D eigenvalue weighted by molar-refractivity contribution is -0.118. The minimum absolute atomic E-state index is 0.0272. The maximum absolute atomic E-state index is 13.3. The number of amides is 1. The molecule has 2 heterocycles.